The van der Waals surface area contributed by atoms with Crippen molar-refractivity contribution in [1.29, 1.82) is 0 Å². The molecular weight excluding hydrogens is 490 g/mol. The highest BCUT2D eigenvalue weighted by Gasteiger charge is 2.17. The van der Waals surface area contributed by atoms with Gasteiger partial charge in [-0.15, -0.1) is 0 Å². The fourth-order valence-electron chi connectivity index (χ4n) is 4.02. The number of halogens is 1. The fourth-order valence-corrected chi connectivity index (χ4v) is 4.15. The topological polar surface area (TPSA) is 122 Å². The number of fused-ring (bicyclic) bond motifs is 1. The molecule has 5 N–H and O–H groups in total. The summed E-state index contributed by atoms with van der Waals surface area (Å²) in [6.45, 7) is 0. The van der Waals surface area contributed by atoms with Gasteiger partial charge < -0.3 is 25.9 Å². The van der Waals surface area contributed by atoms with Gasteiger partial charge in [0.05, 0.1) is 11.4 Å². The zero-order valence-corrected chi connectivity index (χ0v) is 20.5. The number of aromatic amines is 1. The van der Waals surface area contributed by atoms with Gasteiger partial charge in [0.25, 0.3) is 17.4 Å². The van der Waals surface area contributed by atoms with Crippen molar-refractivity contribution in [3.8, 4) is 11.1 Å². The molecule has 0 radical (unpaired) electrons. The van der Waals surface area contributed by atoms with E-state index in [1.54, 1.807) is 80.0 Å². The number of hydrogen-bond donors (Lipinski definition) is 4. The largest absolute Gasteiger partial charge is 0.397 e. The molecule has 0 unspecified atom stereocenters. The Balaban J connectivity index is 1.37. The molecule has 8 nitrogen and oxygen atoms in total. The van der Waals surface area contributed by atoms with Crippen LogP contribution < -0.4 is 21.9 Å². The highest BCUT2D eigenvalue weighted by molar-refractivity contribution is 6.30. The van der Waals surface area contributed by atoms with Crippen LogP contribution in [0, 0.1) is 0 Å². The normalized spacial score (nSPS) is 10.9. The number of hydrogen-bond acceptors (Lipinski definition) is 4. The number of nitrogens with two attached hydrogens (primary N) is 1. The summed E-state index contributed by atoms with van der Waals surface area (Å²) in [4.78, 5) is 41.3. The van der Waals surface area contributed by atoms with Crippen molar-refractivity contribution < 1.29 is 9.59 Å². The monoisotopic (exact) mass is 511 g/mol. The Kier molecular flexibility index (Phi) is 6.25. The Bertz CT molecular complexity index is 1700. The van der Waals surface area contributed by atoms with Gasteiger partial charge in [-0.3, -0.25) is 14.4 Å². The summed E-state index contributed by atoms with van der Waals surface area (Å²) in [5.41, 5.74) is 9.73. The van der Waals surface area contributed by atoms with E-state index in [-0.39, 0.29) is 17.2 Å². The summed E-state index contributed by atoms with van der Waals surface area (Å²) in [5, 5.41) is 6.79. The van der Waals surface area contributed by atoms with Crippen LogP contribution >= 0.6 is 11.6 Å². The maximum Gasteiger partial charge on any atom is 0.274 e. The van der Waals surface area contributed by atoms with Crippen molar-refractivity contribution in [2.24, 2.45) is 7.05 Å². The number of H-pyrrole nitrogens is 1. The van der Waals surface area contributed by atoms with Gasteiger partial charge in [0.1, 0.15) is 11.2 Å². The Labute approximate surface area is 216 Å². The van der Waals surface area contributed by atoms with Crippen LogP contribution in [0.5, 0.6) is 0 Å². The molecule has 0 atom stereocenters. The van der Waals surface area contributed by atoms with Crippen molar-refractivity contribution in [3.63, 3.8) is 0 Å². The number of benzene rings is 3. The van der Waals surface area contributed by atoms with Gasteiger partial charge in [0.2, 0.25) is 0 Å². The molecule has 0 saturated carbocycles. The molecule has 0 fully saturated rings. The summed E-state index contributed by atoms with van der Waals surface area (Å²) in [6.07, 6.45) is 1.73. The van der Waals surface area contributed by atoms with Crippen molar-refractivity contribution in [3.05, 3.63) is 112 Å². The standard InChI is InChI=1S/C28H22ClN5O3/c1-34-15-21(16-6-10-18(29)11-7-16)20-14-24(32-25(20)28(34)37)27(36)31-19-12-8-17(9-13-19)26(35)33-23-5-3-2-4-22(23)30/h2-15,32H,30H2,1H3,(H,31,36)(H,33,35). The highest BCUT2D eigenvalue weighted by atomic mass is 35.5. The molecule has 2 heterocycles. The molecule has 0 aliphatic rings. The third-order valence-corrected chi connectivity index (χ3v) is 6.23. The van der Waals surface area contributed by atoms with E-state index in [1.807, 2.05) is 12.1 Å². The summed E-state index contributed by atoms with van der Waals surface area (Å²) < 4.78 is 1.47. The summed E-state index contributed by atoms with van der Waals surface area (Å²) >= 11 is 6.02. The zero-order valence-electron chi connectivity index (χ0n) is 19.7. The van der Waals surface area contributed by atoms with E-state index >= 15 is 0 Å². The second-order valence-corrected chi connectivity index (χ2v) is 8.95. The molecule has 3 aromatic carbocycles. The minimum atomic E-state index is -0.422. The van der Waals surface area contributed by atoms with Crippen molar-refractivity contribution in [2.75, 3.05) is 16.4 Å². The lowest BCUT2D eigenvalue weighted by molar-refractivity contribution is 0.101. The predicted octanol–water partition coefficient (Wildman–Crippen LogP) is 5.27. The number of amides is 2. The van der Waals surface area contributed by atoms with E-state index in [4.69, 9.17) is 17.3 Å². The van der Waals surface area contributed by atoms with Crippen molar-refractivity contribution in [2.45, 2.75) is 0 Å². The van der Waals surface area contributed by atoms with E-state index in [2.05, 4.69) is 15.6 Å². The summed E-state index contributed by atoms with van der Waals surface area (Å²) in [7, 11) is 1.66. The molecule has 0 aliphatic carbocycles. The van der Waals surface area contributed by atoms with Crippen LogP contribution in [0.4, 0.5) is 17.1 Å². The van der Waals surface area contributed by atoms with E-state index < -0.39 is 5.91 Å². The average Bonchev–Trinajstić information content (AvgIpc) is 3.35. The van der Waals surface area contributed by atoms with Gasteiger partial charge in [0.15, 0.2) is 0 Å². The van der Waals surface area contributed by atoms with Gasteiger partial charge in [-0.25, -0.2) is 0 Å². The number of carbonyl (C=O) groups excluding carboxylic acids is 2. The molecular formula is C28H22ClN5O3. The molecule has 37 heavy (non-hydrogen) atoms. The summed E-state index contributed by atoms with van der Waals surface area (Å²) in [5.74, 6) is -0.744. The van der Waals surface area contributed by atoms with Crippen LogP contribution in [-0.2, 0) is 7.05 Å². The van der Waals surface area contributed by atoms with Crippen LogP contribution in [0.3, 0.4) is 0 Å². The van der Waals surface area contributed by atoms with Crippen LogP contribution in [0.1, 0.15) is 20.8 Å². The third-order valence-electron chi connectivity index (χ3n) is 5.98. The van der Waals surface area contributed by atoms with Crippen LogP contribution in [0.25, 0.3) is 22.0 Å². The van der Waals surface area contributed by atoms with Crippen LogP contribution in [0.15, 0.2) is 89.9 Å². The first-order valence-electron chi connectivity index (χ1n) is 11.4. The Hall–Kier alpha value is -4.82. The van der Waals surface area contributed by atoms with Crippen LogP contribution in [0.2, 0.25) is 5.02 Å². The Morgan fingerprint density at radius 1 is 0.919 bits per heavy atom. The smallest absolute Gasteiger partial charge is 0.274 e. The predicted molar refractivity (Wildman–Crippen MR) is 147 cm³/mol. The molecule has 2 aromatic heterocycles. The van der Waals surface area contributed by atoms with Crippen molar-refractivity contribution >= 4 is 51.4 Å². The summed E-state index contributed by atoms with van der Waals surface area (Å²) in [6, 6.07) is 22.4. The molecule has 0 spiro atoms. The first kappa shape index (κ1) is 23.9. The highest BCUT2D eigenvalue weighted by Crippen LogP contribution is 2.29. The molecule has 0 bridgehead atoms. The number of para-hydroxylation sites is 2. The second kappa shape index (κ2) is 9.67. The number of nitrogen functional groups attached to an aromatic ring is 1. The Morgan fingerprint density at radius 3 is 2.32 bits per heavy atom. The van der Waals surface area contributed by atoms with Gasteiger partial charge in [0, 0.05) is 40.5 Å². The average molecular weight is 512 g/mol. The molecule has 184 valence electrons. The SMILES string of the molecule is Cn1cc(-c2ccc(Cl)cc2)c2cc(C(=O)Nc3ccc(C(=O)Nc4ccccc4N)cc3)[nH]c2c1=O. The van der Waals surface area contributed by atoms with Gasteiger partial charge in [-0.2, -0.15) is 0 Å². The quantitative estimate of drug-likeness (QED) is 0.240. The number of anilines is 3. The second-order valence-electron chi connectivity index (χ2n) is 8.51. The van der Waals surface area contributed by atoms with Crippen molar-refractivity contribution in [1.82, 2.24) is 9.55 Å². The maximum absolute atomic E-state index is 13.0. The third kappa shape index (κ3) is 4.82. The molecule has 5 rings (SSSR count). The molecule has 0 saturated heterocycles. The van der Waals surface area contributed by atoms with Gasteiger partial charge in [-0.05, 0) is 60.2 Å². The first-order valence-corrected chi connectivity index (χ1v) is 11.7. The first-order chi connectivity index (χ1) is 17.8. The fraction of sp³-hybridized carbons (Fsp3) is 0.0357. The molecule has 9 heteroatoms. The van der Waals surface area contributed by atoms with E-state index in [0.29, 0.717) is 38.6 Å². The lowest BCUT2D eigenvalue weighted by atomic mass is 10.0. The number of nitrogens with zero attached hydrogens (tertiary/aromatic N) is 1. The van der Waals surface area contributed by atoms with Crippen LogP contribution in [-0.4, -0.2) is 21.4 Å². The van der Waals surface area contributed by atoms with E-state index in [0.717, 1.165) is 11.1 Å². The molecule has 2 amide bonds. The Morgan fingerprint density at radius 2 is 1.62 bits per heavy atom. The number of pyridine rings is 1. The van der Waals surface area contributed by atoms with Gasteiger partial charge in [-0.1, -0.05) is 35.9 Å². The van der Waals surface area contributed by atoms with E-state index in [9.17, 15) is 14.4 Å². The minimum Gasteiger partial charge on any atom is -0.397 e. The number of aromatic nitrogens is 2. The number of nitrogens with one attached hydrogen (secondary N) is 3. The number of rotatable bonds is 5. The maximum atomic E-state index is 13.0. The minimum absolute atomic E-state index is 0.231. The van der Waals surface area contributed by atoms with E-state index in [1.165, 1.54) is 4.57 Å². The lowest BCUT2D eigenvalue weighted by Gasteiger charge is -2.09. The molecule has 0 aliphatic heterocycles. The van der Waals surface area contributed by atoms with Gasteiger partial charge >= 0.3 is 0 Å². The number of carbonyl (C=O) groups is 2. The number of aryl methyl sites for hydroxylation is 1. The lowest BCUT2D eigenvalue weighted by Crippen LogP contribution is -2.17. The zero-order chi connectivity index (χ0) is 26.1. The molecule has 5 aromatic rings.